The summed E-state index contributed by atoms with van der Waals surface area (Å²) in [5.74, 6) is -0.652. The van der Waals surface area contributed by atoms with Crippen molar-refractivity contribution in [2.75, 3.05) is 19.5 Å². The van der Waals surface area contributed by atoms with Gasteiger partial charge in [0.15, 0.2) is 0 Å². The molecule has 0 aliphatic carbocycles. The maximum atomic E-state index is 10.4. The summed E-state index contributed by atoms with van der Waals surface area (Å²) >= 11 is 1.11. The summed E-state index contributed by atoms with van der Waals surface area (Å²) in [7, 11) is 1.64. The van der Waals surface area contributed by atoms with Gasteiger partial charge in [-0.3, -0.25) is 4.79 Å². The van der Waals surface area contributed by atoms with Crippen LogP contribution in [-0.4, -0.2) is 50.8 Å². The van der Waals surface area contributed by atoms with Crippen molar-refractivity contribution in [1.82, 2.24) is 20.2 Å². The van der Waals surface area contributed by atoms with Gasteiger partial charge in [-0.05, 0) is 16.3 Å². The molecule has 7 nitrogen and oxygen atoms in total. The average Bonchev–Trinajstić information content (AvgIpc) is 2.62. The van der Waals surface area contributed by atoms with Gasteiger partial charge in [-0.1, -0.05) is 18.7 Å². The lowest BCUT2D eigenvalue weighted by Crippen LogP contribution is -2.15. The topological polar surface area (TPSA) is 90.1 Å². The number of hydrogen-bond acceptors (Lipinski definition) is 6. The number of hydrogen-bond donors (Lipinski definition) is 1. The number of aliphatic carboxylic acids is 1. The van der Waals surface area contributed by atoms with Gasteiger partial charge in [-0.2, -0.15) is 0 Å². The van der Waals surface area contributed by atoms with E-state index in [1.165, 1.54) is 0 Å². The number of carbonyl (C=O) groups is 1. The van der Waals surface area contributed by atoms with Gasteiger partial charge in [0, 0.05) is 7.11 Å². The van der Waals surface area contributed by atoms with Crippen LogP contribution >= 0.6 is 11.8 Å². The highest BCUT2D eigenvalue weighted by Crippen LogP contribution is 2.14. The van der Waals surface area contributed by atoms with E-state index in [0.717, 1.165) is 11.8 Å². The molecule has 1 atom stereocenters. The minimum Gasteiger partial charge on any atom is -0.481 e. The molecule has 1 N–H and O–H groups in total. The molecule has 0 saturated carbocycles. The molecule has 0 bridgehead atoms. The summed E-state index contributed by atoms with van der Waals surface area (Å²) in [6.07, 6.45) is 0. The average molecular weight is 246 g/mol. The standard InChI is InChI=1S/C8H14N4O3S/c1-6(4-15-2)3-12-8(9-10-11-12)16-5-7(13)14/h6H,3-5H2,1-2H3,(H,13,14). The SMILES string of the molecule is COCC(C)Cn1nnnc1SCC(=O)O. The van der Waals surface area contributed by atoms with Crippen LogP contribution in [-0.2, 0) is 16.1 Å². The zero-order valence-electron chi connectivity index (χ0n) is 9.16. The molecule has 0 aliphatic rings. The first-order valence-corrected chi connectivity index (χ1v) is 5.71. The lowest BCUT2D eigenvalue weighted by atomic mass is 10.2. The molecule has 0 aliphatic heterocycles. The first-order chi connectivity index (χ1) is 7.63. The van der Waals surface area contributed by atoms with E-state index < -0.39 is 5.97 Å². The summed E-state index contributed by atoms with van der Waals surface area (Å²) in [5, 5.41) is 20.2. The van der Waals surface area contributed by atoms with Crippen molar-refractivity contribution in [2.45, 2.75) is 18.6 Å². The summed E-state index contributed by atoms with van der Waals surface area (Å²) in [6.45, 7) is 3.24. The van der Waals surface area contributed by atoms with Crippen molar-refractivity contribution >= 4 is 17.7 Å². The number of tetrazole rings is 1. The van der Waals surface area contributed by atoms with Crippen LogP contribution in [0.5, 0.6) is 0 Å². The van der Waals surface area contributed by atoms with Crippen molar-refractivity contribution in [3.05, 3.63) is 0 Å². The van der Waals surface area contributed by atoms with Crippen molar-refractivity contribution in [3.8, 4) is 0 Å². The molecule has 1 rings (SSSR count). The van der Waals surface area contributed by atoms with E-state index in [9.17, 15) is 4.79 Å². The molecule has 1 heterocycles. The van der Waals surface area contributed by atoms with Gasteiger partial charge >= 0.3 is 5.97 Å². The number of methoxy groups -OCH3 is 1. The molecule has 1 aromatic heterocycles. The Kier molecular flexibility index (Phi) is 5.20. The predicted octanol–water partition coefficient (Wildman–Crippen LogP) is 0.132. The fraction of sp³-hybridized carbons (Fsp3) is 0.750. The molecule has 0 spiro atoms. The normalized spacial score (nSPS) is 12.6. The highest BCUT2D eigenvalue weighted by molar-refractivity contribution is 7.99. The predicted molar refractivity (Wildman–Crippen MR) is 57.2 cm³/mol. The molecule has 0 amide bonds. The number of carboxylic acids is 1. The second-order valence-corrected chi connectivity index (χ2v) is 4.33. The Bertz CT molecular complexity index is 344. The van der Waals surface area contributed by atoms with Crippen molar-refractivity contribution in [2.24, 2.45) is 5.92 Å². The number of rotatable bonds is 7. The van der Waals surface area contributed by atoms with Crippen LogP contribution in [0.3, 0.4) is 0 Å². The first kappa shape index (κ1) is 12.9. The Labute approximate surface area is 97.2 Å². The summed E-state index contributed by atoms with van der Waals surface area (Å²) < 4.78 is 6.60. The van der Waals surface area contributed by atoms with Crippen LogP contribution < -0.4 is 0 Å². The number of aromatic nitrogens is 4. The van der Waals surface area contributed by atoms with E-state index in [2.05, 4.69) is 15.5 Å². The van der Waals surface area contributed by atoms with Crippen LogP contribution in [0.4, 0.5) is 0 Å². The van der Waals surface area contributed by atoms with Gasteiger partial charge in [0.25, 0.3) is 0 Å². The quantitative estimate of drug-likeness (QED) is 0.684. The Morgan fingerprint density at radius 2 is 2.44 bits per heavy atom. The van der Waals surface area contributed by atoms with Gasteiger partial charge in [0.1, 0.15) is 0 Å². The largest absolute Gasteiger partial charge is 0.481 e. The third kappa shape index (κ3) is 4.15. The zero-order chi connectivity index (χ0) is 12.0. The molecule has 0 aromatic carbocycles. The lowest BCUT2D eigenvalue weighted by molar-refractivity contribution is -0.133. The highest BCUT2D eigenvalue weighted by Gasteiger charge is 2.11. The van der Waals surface area contributed by atoms with Crippen LogP contribution in [0, 0.1) is 5.92 Å². The van der Waals surface area contributed by atoms with E-state index in [0.29, 0.717) is 18.3 Å². The molecule has 0 radical (unpaired) electrons. The molecule has 0 fully saturated rings. The zero-order valence-corrected chi connectivity index (χ0v) is 9.98. The Hall–Kier alpha value is -1.15. The Morgan fingerprint density at radius 1 is 1.69 bits per heavy atom. The second-order valence-electron chi connectivity index (χ2n) is 3.39. The van der Waals surface area contributed by atoms with Crippen molar-refractivity contribution < 1.29 is 14.6 Å². The summed E-state index contributed by atoms with van der Waals surface area (Å²) in [5.41, 5.74) is 0. The molecule has 1 aromatic rings. The van der Waals surface area contributed by atoms with E-state index in [-0.39, 0.29) is 11.7 Å². The van der Waals surface area contributed by atoms with Crippen molar-refractivity contribution in [1.29, 1.82) is 0 Å². The summed E-state index contributed by atoms with van der Waals surface area (Å²) in [4.78, 5) is 10.4. The Morgan fingerprint density at radius 3 is 3.06 bits per heavy atom. The Balaban J connectivity index is 2.52. The fourth-order valence-electron chi connectivity index (χ4n) is 1.17. The molecular formula is C8H14N4O3S. The second kappa shape index (κ2) is 6.44. The van der Waals surface area contributed by atoms with E-state index in [1.807, 2.05) is 6.92 Å². The lowest BCUT2D eigenvalue weighted by Gasteiger charge is -2.10. The van der Waals surface area contributed by atoms with Gasteiger partial charge in [-0.15, -0.1) is 5.10 Å². The number of thioether (sulfide) groups is 1. The van der Waals surface area contributed by atoms with Crippen molar-refractivity contribution in [3.63, 3.8) is 0 Å². The van der Waals surface area contributed by atoms with Gasteiger partial charge < -0.3 is 9.84 Å². The van der Waals surface area contributed by atoms with Gasteiger partial charge in [0.2, 0.25) is 5.16 Å². The molecule has 90 valence electrons. The monoisotopic (exact) mass is 246 g/mol. The van der Waals surface area contributed by atoms with Crippen LogP contribution in [0.15, 0.2) is 5.16 Å². The summed E-state index contributed by atoms with van der Waals surface area (Å²) in [6, 6.07) is 0. The fourth-order valence-corrected chi connectivity index (χ4v) is 1.78. The molecular weight excluding hydrogens is 232 g/mol. The van der Waals surface area contributed by atoms with Gasteiger partial charge in [0.05, 0.1) is 18.9 Å². The minimum atomic E-state index is -0.885. The van der Waals surface area contributed by atoms with Crippen LogP contribution in [0.2, 0.25) is 0 Å². The third-order valence-corrected chi connectivity index (χ3v) is 2.70. The molecule has 8 heteroatoms. The first-order valence-electron chi connectivity index (χ1n) is 4.73. The number of ether oxygens (including phenoxy) is 1. The number of nitrogens with zero attached hydrogens (tertiary/aromatic N) is 4. The van der Waals surface area contributed by atoms with Crippen LogP contribution in [0.1, 0.15) is 6.92 Å². The third-order valence-electron chi connectivity index (χ3n) is 1.76. The maximum Gasteiger partial charge on any atom is 0.313 e. The molecule has 16 heavy (non-hydrogen) atoms. The maximum absolute atomic E-state index is 10.4. The van der Waals surface area contributed by atoms with Crippen LogP contribution in [0.25, 0.3) is 0 Å². The van der Waals surface area contributed by atoms with E-state index >= 15 is 0 Å². The van der Waals surface area contributed by atoms with E-state index in [1.54, 1.807) is 11.8 Å². The smallest absolute Gasteiger partial charge is 0.313 e. The van der Waals surface area contributed by atoms with Gasteiger partial charge in [-0.25, -0.2) is 4.68 Å². The highest BCUT2D eigenvalue weighted by atomic mass is 32.2. The van der Waals surface area contributed by atoms with E-state index in [4.69, 9.17) is 9.84 Å². The minimum absolute atomic E-state index is 0.0426. The molecule has 1 unspecified atom stereocenters. The molecule has 0 saturated heterocycles. The number of carboxylic acid groups (broad SMARTS) is 1.